The molecule has 1 fully saturated rings. The largest absolute Gasteiger partial charge is 0.367 e. The molecule has 90 valence electrons. The average molecular weight is 232 g/mol. The number of anilines is 1. The van der Waals surface area contributed by atoms with E-state index in [9.17, 15) is 4.39 Å². The molecule has 2 rings (SSSR count). The van der Waals surface area contributed by atoms with Gasteiger partial charge in [0.2, 0.25) is 0 Å². The molecule has 0 bridgehead atoms. The molecule has 2 nitrogen and oxygen atoms in total. The van der Waals surface area contributed by atoms with Gasteiger partial charge in [0.05, 0.1) is 11.3 Å². The molecule has 1 aliphatic carbocycles. The second-order valence-electron chi connectivity index (χ2n) is 5.05. The van der Waals surface area contributed by atoms with E-state index in [4.69, 9.17) is 5.26 Å². The minimum Gasteiger partial charge on any atom is -0.367 e. The van der Waals surface area contributed by atoms with Crippen LogP contribution in [0, 0.1) is 23.1 Å². The van der Waals surface area contributed by atoms with Gasteiger partial charge in [0, 0.05) is 12.6 Å². The van der Waals surface area contributed by atoms with E-state index < -0.39 is 0 Å². The molecular weight excluding hydrogens is 215 g/mol. The number of nitrogens with zero attached hydrogens (tertiary/aromatic N) is 2. The standard InChI is InChI=1S/C14H17FN2/c1-10(2)9-17(13-4-5-13)14-6-3-12(15)7-11(14)8-16/h3,6-7,10,13H,4-5,9H2,1-2H3. The first-order valence-corrected chi connectivity index (χ1v) is 6.08. The molecule has 1 aromatic carbocycles. The smallest absolute Gasteiger partial charge is 0.124 e. The molecule has 0 aliphatic heterocycles. The van der Waals surface area contributed by atoms with Crippen molar-refractivity contribution in [2.75, 3.05) is 11.4 Å². The van der Waals surface area contributed by atoms with Crippen LogP contribution in [0.15, 0.2) is 18.2 Å². The molecule has 0 saturated heterocycles. The Balaban J connectivity index is 2.32. The summed E-state index contributed by atoms with van der Waals surface area (Å²) in [5.74, 6) is 0.192. The van der Waals surface area contributed by atoms with Crippen LogP contribution in [0.2, 0.25) is 0 Å². The predicted molar refractivity (Wildman–Crippen MR) is 66.3 cm³/mol. The lowest BCUT2D eigenvalue weighted by Crippen LogP contribution is -2.30. The SMILES string of the molecule is CC(C)CN(c1ccc(F)cc1C#N)C1CC1. The molecule has 3 heteroatoms. The lowest BCUT2D eigenvalue weighted by molar-refractivity contribution is 0.603. The summed E-state index contributed by atoms with van der Waals surface area (Å²) in [7, 11) is 0. The van der Waals surface area contributed by atoms with Gasteiger partial charge in [-0.25, -0.2) is 4.39 Å². The minimum absolute atomic E-state index is 0.342. The van der Waals surface area contributed by atoms with Crippen LogP contribution in [0.25, 0.3) is 0 Å². The fourth-order valence-electron chi connectivity index (χ4n) is 2.07. The maximum atomic E-state index is 13.1. The van der Waals surface area contributed by atoms with Crippen LogP contribution < -0.4 is 4.90 Å². The Kier molecular flexibility index (Phi) is 3.33. The highest BCUT2D eigenvalue weighted by Gasteiger charge is 2.30. The van der Waals surface area contributed by atoms with Crippen LogP contribution in [-0.2, 0) is 0 Å². The van der Waals surface area contributed by atoms with E-state index in [1.54, 1.807) is 6.07 Å². The van der Waals surface area contributed by atoms with Gasteiger partial charge in [-0.3, -0.25) is 0 Å². The maximum Gasteiger partial charge on any atom is 0.124 e. The van der Waals surface area contributed by atoms with Crippen molar-refractivity contribution in [2.45, 2.75) is 32.7 Å². The maximum absolute atomic E-state index is 13.1. The summed E-state index contributed by atoms with van der Waals surface area (Å²) in [5, 5.41) is 9.08. The van der Waals surface area contributed by atoms with Gasteiger partial charge in [-0.2, -0.15) is 5.26 Å². The van der Waals surface area contributed by atoms with E-state index in [0.717, 1.165) is 12.2 Å². The van der Waals surface area contributed by atoms with Gasteiger partial charge in [-0.05, 0) is 37.0 Å². The zero-order valence-electron chi connectivity index (χ0n) is 10.3. The quantitative estimate of drug-likeness (QED) is 0.796. The normalized spacial score (nSPS) is 14.8. The molecule has 1 aliphatic rings. The van der Waals surface area contributed by atoms with Crippen LogP contribution in [0.5, 0.6) is 0 Å². The van der Waals surface area contributed by atoms with E-state index >= 15 is 0 Å². The Hall–Kier alpha value is -1.56. The van der Waals surface area contributed by atoms with E-state index in [1.807, 2.05) is 0 Å². The van der Waals surface area contributed by atoms with Crippen molar-refractivity contribution in [2.24, 2.45) is 5.92 Å². The summed E-state index contributed by atoms with van der Waals surface area (Å²) in [6, 6.07) is 7.12. The predicted octanol–water partition coefficient (Wildman–Crippen LogP) is 3.32. The van der Waals surface area contributed by atoms with Crippen molar-refractivity contribution in [3.8, 4) is 6.07 Å². The van der Waals surface area contributed by atoms with Crippen LogP contribution in [0.1, 0.15) is 32.3 Å². The van der Waals surface area contributed by atoms with Crippen molar-refractivity contribution < 1.29 is 4.39 Å². The average Bonchev–Trinajstić information content (AvgIpc) is 3.09. The summed E-state index contributed by atoms with van der Waals surface area (Å²) in [6.07, 6.45) is 2.35. The van der Waals surface area contributed by atoms with Crippen LogP contribution in [0.3, 0.4) is 0 Å². The number of hydrogen-bond donors (Lipinski definition) is 0. The fourth-order valence-corrected chi connectivity index (χ4v) is 2.07. The topological polar surface area (TPSA) is 27.0 Å². The number of rotatable bonds is 4. The van der Waals surface area contributed by atoms with Gasteiger partial charge in [-0.1, -0.05) is 13.8 Å². The molecule has 0 aromatic heterocycles. The Morgan fingerprint density at radius 3 is 2.71 bits per heavy atom. The third kappa shape index (κ3) is 2.76. The summed E-state index contributed by atoms with van der Waals surface area (Å²) < 4.78 is 13.1. The second kappa shape index (κ2) is 4.75. The van der Waals surface area contributed by atoms with Gasteiger partial charge in [-0.15, -0.1) is 0 Å². The molecule has 0 N–H and O–H groups in total. The third-order valence-corrected chi connectivity index (χ3v) is 2.94. The van der Waals surface area contributed by atoms with Crippen molar-refractivity contribution in [1.82, 2.24) is 0 Å². The minimum atomic E-state index is -0.342. The first-order chi connectivity index (χ1) is 8.11. The molecule has 0 unspecified atom stereocenters. The molecule has 0 heterocycles. The lowest BCUT2D eigenvalue weighted by Gasteiger charge is -2.27. The zero-order chi connectivity index (χ0) is 12.4. The summed E-state index contributed by atoms with van der Waals surface area (Å²) in [5.41, 5.74) is 1.32. The van der Waals surface area contributed by atoms with Crippen molar-refractivity contribution in [3.05, 3.63) is 29.6 Å². The Bertz CT molecular complexity index is 444. The molecule has 0 amide bonds. The Morgan fingerprint density at radius 1 is 1.47 bits per heavy atom. The second-order valence-corrected chi connectivity index (χ2v) is 5.05. The van der Waals surface area contributed by atoms with Gasteiger partial charge in [0.15, 0.2) is 0 Å². The molecular formula is C14H17FN2. The molecule has 17 heavy (non-hydrogen) atoms. The van der Waals surface area contributed by atoms with Crippen LogP contribution in [-0.4, -0.2) is 12.6 Å². The van der Waals surface area contributed by atoms with Crippen molar-refractivity contribution in [3.63, 3.8) is 0 Å². The summed E-state index contributed by atoms with van der Waals surface area (Å²) in [4.78, 5) is 2.25. The lowest BCUT2D eigenvalue weighted by atomic mass is 10.1. The highest BCUT2D eigenvalue weighted by Crippen LogP contribution is 2.34. The third-order valence-electron chi connectivity index (χ3n) is 2.94. The van der Waals surface area contributed by atoms with Crippen LogP contribution >= 0.6 is 0 Å². The highest BCUT2D eigenvalue weighted by molar-refractivity contribution is 5.60. The van der Waals surface area contributed by atoms with E-state index in [-0.39, 0.29) is 5.82 Å². The molecule has 0 atom stereocenters. The summed E-state index contributed by atoms with van der Waals surface area (Å²) >= 11 is 0. The van der Waals surface area contributed by atoms with Gasteiger partial charge in [0.1, 0.15) is 11.9 Å². The van der Waals surface area contributed by atoms with Gasteiger partial charge >= 0.3 is 0 Å². The first kappa shape index (κ1) is 11.9. The fraction of sp³-hybridized carbons (Fsp3) is 0.500. The zero-order valence-corrected chi connectivity index (χ0v) is 10.3. The monoisotopic (exact) mass is 232 g/mol. The van der Waals surface area contributed by atoms with Crippen molar-refractivity contribution >= 4 is 5.69 Å². The molecule has 1 aromatic rings. The Morgan fingerprint density at radius 2 is 2.18 bits per heavy atom. The highest BCUT2D eigenvalue weighted by atomic mass is 19.1. The molecule has 0 spiro atoms. The van der Waals surface area contributed by atoms with Crippen LogP contribution in [0.4, 0.5) is 10.1 Å². The van der Waals surface area contributed by atoms with E-state index in [1.165, 1.54) is 25.0 Å². The van der Waals surface area contributed by atoms with Crippen molar-refractivity contribution in [1.29, 1.82) is 5.26 Å². The summed E-state index contributed by atoms with van der Waals surface area (Å²) in [6.45, 7) is 5.24. The Labute approximate surface area is 102 Å². The number of hydrogen-bond acceptors (Lipinski definition) is 2. The molecule has 0 radical (unpaired) electrons. The van der Waals surface area contributed by atoms with Gasteiger partial charge < -0.3 is 4.90 Å². The van der Waals surface area contributed by atoms with E-state index in [0.29, 0.717) is 17.5 Å². The first-order valence-electron chi connectivity index (χ1n) is 6.08. The van der Waals surface area contributed by atoms with Gasteiger partial charge in [0.25, 0.3) is 0 Å². The number of benzene rings is 1. The molecule has 1 saturated carbocycles. The van der Waals surface area contributed by atoms with E-state index in [2.05, 4.69) is 24.8 Å². The number of halogens is 1. The number of nitriles is 1.